The zero-order valence-electron chi connectivity index (χ0n) is 14.0. The van der Waals surface area contributed by atoms with Gasteiger partial charge in [0.1, 0.15) is 6.54 Å². The molecule has 2 aromatic rings. The van der Waals surface area contributed by atoms with Gasteiger partial charge in [-0.1, -0.05) is 30.3 Å². The SMILES string of the molecule is CN(C)C(=O)Cn1nnnc1[C@@H](c1ccccc1)N1CCOCC1. The number of rotatable bonds is 5. The van der Waals surface area contributed by atoms with Gasteiger partial charge < -0.3 is 9.64 Å². The Bertz CT molecular complexity index is 666. The van der Waals surface area contributed by atoms with Crippen molar-refractivity contribution in [2.45, 2.75) is 12.6 Å². The number of ether oxygens (including phenoxy) is 1. The first-order valence-electron chi connectivity index (χ1n) is 8.00. The molecular formula is C16H22N6O2. The second kappa shape index (κ2) is 7.50. The second-order valence-electron chi connectivity index (χ2n) is 5.94. The summed E-state index contributed by atoms with van der Waals surface area (Å²) >= 11 is 0. The molecule has 1 amide bonds. The molecule has 1 atom stereocenters. The van der Waals surface area contributed by atoms with E-state index in [1.165, 1.54) is 4.90 Å². The van der Waals surface area contributed by atoms with Gasteiger partial charge in [0.05, 0.1) is 19.3 Å². The fraction of sp³-hybridized carbons (Fsp3) is 0.500. The van der Waals surface area contributed by atoms with Gasteiger partial charge in [0.25, 0.3) is 0 Å². The van der Waals surface area contributed by atoms with Crippen LogP contribution in [-0.4, -0.2) is 76.3 Å². The number of carbonyl (C=O) groups is 1. The van der Waals surface area contributed by atoms with E-state index in [2.05, 4.69) is 32.6 Å². The highest BCUT2D eigenvalue weighted by atomic mass is 16.5. The molecule has 1 aromatic carbocycles. The maximum absolute atomic E-state index is 12.1. The number of carbonyl (C=O) groups excluding carboxylic acids is 1. The molecule has 0 N–H and O–H groups in total. The van der Waals surface area contributed by atoms with Gasteiger partial charge in [-0.3, -0.25) is 9.69 Å². The van der Waals surface area contributed by atoms with Crippen LogP contribution in [0.1, 0.15) is 17.4 Å². The highest BCUT2D eigenvalue weighted by Gasteiger charge is 2.29. The molecule has 8 nitrogen and oxygen atoms in total. The zero-order chi connectivity index (χ0) is 16.9. The number of tetrazole rings is 1. The smallest absolute Gasteiger partial charge is 0.243 e. The summed E-state index contributed by atoms with van der Waals surface area (Å²) in [4.78, 5) is 15.9. The molecule has 1 aromatic heterocycles. The summed E-state index contributed by atoms with van der Waals surface area (Å²) in [5.74, 6) is 0.635. The quantitative estimate of drug-likeness (QED) is 0.779. The van der Waals surface area contributed by atoms with Crippen LogP contribution in [0.5, 0.6) is 0 Å². The lowest BCUT2D eigenvalue weighted by atomic mass is 10.0. The largest absolute Gasteiger partial charge is 0.379 e. The van der Waals surface area contributed by atoms with Gasteiger partial charge >= 0.3 is 0 Å². The van der Waals surface area contributed by atoms with E-state index >= 15 is 0 Å². The molecule has 0 spiro atoms. The van der Waals surface area contributed by atoms with Gasteiger partial charge in [0, 0.05) is 27.2 Å². The average Bonchev–Trinajstić information content (AvgIpc) is 3.05. The van der Waals surface area contributed by atoms with Crippen LogP contribution in [0, 0.1) is 0 Å². The number of amides is 1. The van der Waals surface area contributed by atoms with Crippen molar-refractivity contribution in [2.24, 2.45) is 0 Å². The van der Waals surface area contributed by atoms with E-state index in [1.54, 1.807) is 18.8 Å². The van der Waals surface area contributed by atoms with Crippen LogP contribution >= 0.6 is 0 Å². The van der Waals surface area contributed by atoms with Crippen molar-refractivity contribution in [3.05, 3.63) is 41.7 Å². The summed E-state index contributed by atoms with van der Waals surface area (Å²) in [6.45, 7) is 3.09. The first kappa shape index (κ1) is 16.5. The van der Waals surface area contributed by atoms with E-state index in [0.29, 0.717) is 19.0 Å². The van der Waals surface area contributed by atoms with E-state index in [9.17, 15) is 4.79 Å². The Morgan fingerprint density at radius 1 is 1.25 bits per heavy atom. The molecule has 8 heteroatoms. The molecule has 0 radical (unpaired) electrons. The van der Waals surface area contributed by atoms with Crippen LogP contribution in [0.3, 0.4) is 0 Å². The number of morpholine rings is 1. The van der Waals surface area contributed by atoms with E-state index < -0.39 is 0 Å². The molecule has 0 aliphatic carbocycles. The van der Waals surface area contributed by atoms with Gasteiger partial charge in [-0.05, 0) is 16.0 Å². The summed E-state index contributed by atoms with van der Waals surface area (Å²) in [7, 11) is 3.45. The Morgan fingerprint density at radius 3 is 2.62 bits per heavy atom. The number of benzene rings is 1. The fourth-order valence-corrected chi connectivity index (χ4v) is 2.78. The third-order valence-corrected chi connectivity index (χ3v) is 4.11. The number of aromatic nitrogens is 4. The van der Waals surface area contributed by atoms with Crippen molar-refractivity contribution in [3.8, 4) is 0 Å². The Hall–Kier alpha value is -2.32. The number of likely N-dealkylation sites (N-methyl/N-ethyl adjacent to an activating group) is 1. The van der Waals surface area contributed by atoms with Crippen molar-refractivity contribution in [2.75, 3.05) is 40.4 Å². The van der Waals surface area contributed by atoms with E-state index in [0.717, 1.165) is 18.7 Å². The molecule has 2 heterocycles. The predicted octanol–water partition coefficient (Wildman–Crippen LogP) is 0.183. The van der Waals surface area contributed by atoms with E-state index in [-0.39, 0.29) is 18.5 Å². The minimum Gasteiger partial charge on any atom is -0.379 e. The lowest BCUT2D eigenvalue weighted by Gasteiger charge is -2.33. The van der Waals surface area contributed by atoms with Gasteiger partial charge in [-0.25, -0.2) is 4.68 Å². The van der Waals surface area contributed by atoms with Gasteiger partial charge in [0.15, 0.2) is 5.82 Å². The van der Waals surface area contributed by atoms with Gasteiger partial charge in [-0.15, -0.1) is 5.10 Å². The maximum Gasteiger partial charge on any atom is 0.243 e. The highest BCUT2D eigenvalue weighted by Crippen LogP contribution is 2.27. The number of hydrogen-bond acceptors (Lipinski definition) is 6. The van der Waals surface area contributed by atoms with Crippen molar-refractivity contribution < 1.29 is 9.53 Å². The van der Waals surface area contributed by atoms with Crippen molar-refractivity contribution >= 4 is 5.91 Å². The molecule has 0 saturated carbocycles. The van der Waals surface area contributed by atoms with Crippen LogP contribution in [-0.2, 0) is 16.1 Å². The predicted molar refractivity (Wildman–Crippen MR) is 87.2 cm³/mol. The van der Waals surface area contributed by atoms with Crippen LogP contribution in [0.25, 0.3) is 0 Å². The van der Waals surface area contributed by atoms with Crippen molar-refractivity contribution in [3.63, 3.8) is 0 Å². The van der Waals surface area contributed by atoms with E-state index in [1.807, 2.05) is 18.2 Å². The maximum atomic E-state index is 12.1. The van der Waals surface area contributed by atoms with Gasteiger partial charge in [-0.2, -0.15) is 0 Å². The standard InChI is InChI=1S/C16H22N6O2/c1-20(2)14(23)12-22-16(17-18-19-22)15(13-6-4-3-5-7-13)21-8-10-24-11-9-21/h3-7,15H,8-12H2,1-2H3/t15-/m1/s1. The summed E-state index contributed by atoms with van der Waals surface area (Å²) in [5, 5.41) is 12.1. The molecule has 1 saturated heterocycles. The highest BCUT2D eigenvalue weighted by molar-refractivity contribution is 5.75. The van der Waals surface area contributed by atoms with Crippen LogP contribution in [0.4, 0.5) is 0 Å². The molecule has 128 valence electrons. The first-order chi connectivity index (χ1) is 11.7. The molecule has 1 fully saturated rings. The normalized spacial score (nSPS) is 16.8. The minimum absolute atomic E-state index is 0.0441. The fourth-order valence-electron chi connectivity index (χ4n) is 2.78. The Kier molecular flexibility index (Phi) is 5.17. The van der Waals surface area contributed by atoms with Crippen molar-refractivity contribution in [1.82, 2.24) is 30.0 Å². The summed E-state index contributed by atoms with van der Waals surface area (Å²) in [6, 6.07) is 10.0. The first-order valence-corrected chi connectivity index (χ1v) is 8.00. The summed E-state index contributed by atoms with van der Waals surface area (Å²) in [6.07, 6.45) is 0. The molecule has 0 unspecified atom stereocenters. The molecule has 0 bridgehead atoms. The third kappa shape index (κ3) is 3.60. The topological polar surface area (TPSA) is 76.4 Å². The molecular weight excluding hydrogens is 308 g/mol. The lowest BCUT2D eigenvalue weighted by molar-refractivity contribution is -0.129. The Balaban J connectivity index is 1.94. The zero-order valence-corrected chi connectivity index (χ0v) is 14.0. The Labute approximate surface area is 141 Å². The van der Waals surface area contributed by atoms with Crippen LogP contribution in [0.15, 0.2) is 30.3 Å². The second-order valence-corrected chi connectivity index (χ2v) is 5.94. The van der Waals surface area contributed by atoms with Crippen LogP contribution < -0.4 is 0 Å². The van der Waals surface area contributed by atoms with Crippen molar-refractivity contribution in [1.29, 1.82) is 0 Å². The summed E-state index contributed by atoms with van der Waals surface area (Å²) < 4.78 is 7.06. The lowest BCUT2D eigenvalue weighted by Crippen LogP contribution is -2.41. The molecule has 3 rings (SSSR count). The number of hydrogen-bond donors (Lipinski definition) is 0. The number of nitrogens with zero attached hydrogens (tertiary/aromatic N) is 6. The molecule has 24 heavy (non-hydrogen) atoms. The monoisotopic (exact) mass is 330 g/mol. The Morgan fingerprint density at radius 2 is 1.96 bits per heavy atom. The molecule has 1 aliphatic rings. The van der Waals surface area contributed by atoms with Crippen LogP contribution in [0.2, 0.25) is 0 Å². The molecule has 1 aliphatic heterocycles. The van der Waals surface area contributed by atoms with Gasteiger partial charge in [0.2, 0.25) is 5.91 Å². The third-order valence-electron chi connectivity index (χ3n) is 4.11. The van der Waals surface area contributed by atoms with E-state index in [4.69, 9.17) is 4.74 Å². The average molecular weight is 330 g/mol. The minimum atomic E-state index is -0.0972. The summed E-state index contributed by atoms with van der Waals surface area (Å²) in [5.41, 5.74) is 1.10.